The zero-order valence-electron chi connectivity index (χ0n) is 27.7. The van der Waals surface area contributed by atoms with Gasteiger partial charge in [-0.15, -0.1) is 0 Å². The minimum Gasteiger partial charge on any atom is -0.491 e. The molecule has 0 amide bonds. The maximum absolute atomic E-state index is 8.58. The second-order valence-electron chi connectivity index (χ2n) is 9.67. The summed E-state index contributed by atoms with van der Waals surface area (Å²) < 4.78 is 65.4. The molecule has 1 N–H and O–H groups in total. The Hall–Kier alpha value is -2.05. The molecule has 1 aromatic carbocycles. The molecule has 47 heavy (non-hydrogen) atoms. The van der Waals surface area contributed by atoms with Crippen molar-refractivity contribution < 1.29 is 61.9 Å². The lowest BCUT2D eigenvalue weighted by molar-refractivity contribution is -0.0280. The van der Waals surface area contributed by atoms with Gasteiger partial charge in [-0.3, -0.25) is 4.98 Å². The molecule has 0 fully saturated rings. The molecule has 2 aromatic rings. The molecule has 0 atom stereocenters. The van der Waals surface area contributed by atoms with Crippen LogP contribution in [0.2, 0.25) is 0 Å². The second-order valence-corrected chi connectivity index (χ2v) is 9.67. The maximum atomic E-state index is 8.58. The first-order valence-corrected chi connectivity index (χ1v) is 16.3. The molecule has 0 saturated carbocycles. The van der Waals surface area contributed by atoms with E-state index >= 15 is 0 Å². The normalized spacial score (nSPS) is 11.5. The number of aromatic nitrogens is 1. The fraction of sp³-hybridized carbons (Fsp3) is 0.727. The summed E-state index contributed by atoms with van der Waals surface area (Å²) in [5, 5.41) is 9.63. The van der Waals surface area contributed by atoms with Crippen molar-refractivity contribution >= 4 is 10.9 Å². The highest BCUT2D eigenvalue weighted by atomic mass is 16.6. The summed E-state index contributed by atoms with van der Waals surface area (Å²) >= 11 is 0. The molecule has 14 heteroatoms. The summed E-state index contributed by atoms with van der Waals surface area (Å²) in [5.74, 6) is 0.804. The van der Waals surface area contributed by atoms with E-state index in [9.17, 15) is 0 Å². The number of ether oxygens (including phenoxy) is 12. The van der Waals surface area contributed by atoms with E-state index in [4.69, 9.17) is 61.9 Å². The first-order valence-electron chi connectivity index (χ1n) is 16.3. The van der Waals surface area contributed by atoms with Crippen molar-refractivity contribution in [2.75, 3.05) is 159 Å². The molecule has 270 valence electrons. The number of aliphatic hydroxyl groups is 1. The van der Waals surface area contributed by atoms with E-state index in [-0.39, 0.29) is 6.61 Å². The van der Waals surface area contributed by atoms with Crippen LogP contribution in [0.25, 0.3) is 10.9 Å². The van der Waals surface area contributed by atoms with Gasteiger partial charge in [-0.1, -0.05) is 6.07 Å². The first kappa shape index (κ1) is 41.1. The molecule has 0 spiro atoms. The molecule has 14 nitrogen and oxygen atoms in total. The number of nitrogens with zero attached hydrogens (tertiary/aromatic N) is 1. The van der Waals surface area contributed by atoms with Crippen LogP contribution >= 0.6 is 0 Å². The molecular formula is C33H55NO13. The van der Waals surface area contributed by atoms with Crippen molar-refractivity contribution in [3.63, 3.8) is 0 Å². The molecular weight excluding hydrogens is 618 g/mol. The highest BCUT2D eigenvalue weighted by Crippen LogP contribution is 2.18. The van der Waals surface area contributed by atoms with Crippen molar-refractivity contribution in [2.24, 2.45) is 0 Å². The van der Waals surface area contributed by atoms with Gasteiger partial charge in [-0.25, -0.2) is 0 Å². The van der Waals surface area contributed by atoms with Crippen molar-refractivity contribution in [3.05, 3.63) is 36.5 Å². The number of pyridine rings is 1. The summed E-state index contributed by atoms with van der Waals surface area (Å²) in [6, 6.07) is 9.76. The third kappa shape index (κ3) is 25.6. The first-order chi connectivity index (χ1) is 23.4. The average molecular weight is 674 g/mol. The summed E-state index contributed by atoms with van der Waals surface area (Å²) in [4.78, 5) is 4.30. The number of aliphatic hydroxyl groups excluding tert-OH is 1. The lowest BCUT2D eigenvalue weighted by atomic mass is 10.2. The summed E-state index contributed by atoms with van der Waals surface area (Å²) in [6.45, 7) is 11.3. The third-order valence-electron chi connectivity index (χ3n) is 6.03. The van der Waals surface area contributed by atoms with Crippen molar-refractivity contribution in [2.45, 2.75) is 0 Å². The fourth-order valence-electron chi connectivity index (χ4n) is 3.73. The zero-order chi connectivity index (χ0) is 33.1. The SMILES string of the molecule is OCCOCCOCCOCCOCCOCCOCCOCCOCCOCCOCCOCCOc1ccc2ncccc2c1. The van der Waals surface area contributed by atoms with Gasteiger partial charge in [0.2, 0.25) is 0 Å². The maximum Gasteiger partial charge on any atom is 0.120 e. The Morgan fingerprint density at radius 2 is 0.745 bits per heavy atom. The summed E-state index contributed by atoms with van der Waals surface area (Å²) in [6.07, 6.45) is 1.78. The predicted molar refractivity (Wildman–Crippen MR) is 173 cm³/mol. The molecule has 0 radical (unpaired) electrons. The van der Waals surface area contributed by atoms with Crippen LogP contribution in [0.5, 0.6) is 5.75 Å². The Morgan fingerprint density at radius 3 is 1.11 bits per heavy atom. The van der Waals surface area contributed by atoms with Gasteiger partial charge in [-0.2, -0.15) is 0 Å². The fourth-order valence-corrected chi connectivity index (χ4v) is 3.73. The largest absolute Gasteiger partial charge is 0.491 e. The average Bonchev–Trinajstić information content (AvgIpc) is 3.10. The second kappa shape index (κ2) is 32.5. The van der Waals surface area contributed by atoms with Gasteiger partial charge in [0.1, 0.15) is 12.4 Å². The molecule has 0 aliphatic rings. The van der Waals surface area contributed by atoms with Crippen LogP contribution in [0.4, 0.5) is 0 Å². The van der Waals surface area contributed by atoms with Crippen LogP contribution in [-0.4, -0.2) is 169 Å². The number of fused-ring (bicyclic) bond motifs is 1. The van der Waals surface area contributed by atoms with Crippen molar-refractivity contribution in [3.8, 4) is 5.75 Å². The highest BCUT2D eigenvalue weighted by molar-refractivity contribution is 5.79. The van der Waals surface area contributed by atoms with Gasteiger partial charge < -0.3 is 61.9 Å². The van der Waals surface area contributed by atoms with E-state index in [1.165, 1.54) is 0 Å². The zero-order valence-corrected chi connectivity index (χ0v) is 27.7. The van der Waals surface area contributed by atoms with Gasteiger partial charge in [0, 0.05) is 11.6 Å². The van der Waals surface area contributed by atoms with Crippen LogP contribution in [0, 0.1) is 0 Å². The van der Waals surface area contributed by atoms with E-state index in [2.05, 4.69) is 4.98 Å². The monoisotopic (exact) mass is 673 g/mol. The number of rotatable bonds is 36. The lowest BCUT2D eigenvalue weighted by Gasteiger charge is -2.09. The highest BCUT2D eigenvalue weighted by Gasteiger charge is 1.99. The Kier molecular flexibility index (Phi) is 28.4. The Labute approximate surface area is 278 Å². The van der Waals surface area contributed by atoms with Crippen LogP contribution in [-0.2, 0) is 52.1 Å². The minimum atomic E-state index is 0.0241. The van der Waals surface area contributed by atoms with E-state index in [0.29, 0.717) is 152 Å². The van der Waals surface area contributed by atoms with Gasteiger partial charge in [0.15, 0.2) is 0 Å². The Balaban J connectivity index is 1.16. The third-order valence-corrected chi connectivity index (χ3v) is 6.03. The lowest BCUT2D eigenvalue weighted by Crippen LogP contribution is -2.15. The molecule has 2 rings (SSSR count). The molecule has 0 unspecified atom stereocenters. The van der Waals surface area contributed by atoms with Crippen LogP contribution in [0.1, 0.15) is 0 Å². The van der Waals surface area contributed by atoms with E-state index in [0.717, 1.165) is 16.7 Å². The van der Waals surface area contributed by atoms with Crippen molar-refractivity contribution in [1.29, 1.82) is 0 Å². The number of benzene rings is 1. The molecule has 0 saturated heterocycles. The number of hydrogen-bond acceptors (Lipinski definition) is 14. The molecule has 0 bridgehead atoms. The van der Waals surface area contributed by atoms with Crippen LogP contribution in [0.15, 0.2) is 36.5 Å². The standard InChI is InChI=1S/C33H55NO13/c35-6-7-36-8-9-37-10-11-38-12-13-39-14-15-40-16-17-41-18-19-42-20-21-43-22-23-44-24-25-45-26-27-46-28-29-47-32-3-4-33-31(30-32)2-1-5-34-33/h1-5,30,35H,6-29H2. The molecule has 1 heterocycles. The Morgan fingerprint density at radius 1 is 0.404 bits per heavy atom. The predicted octanol–water partition coefficient (Wildman–Crippen LogP) is 1.79. The van der Waals surface area contributed by atoms with Gasteiger partial charge >= 0.3 is 0 Å². The number of hydrogen-bond donors (Lipinski definition) is 1. The van der Waals surface area contributed by atoms with Crippen LogP contribution in [0.3, 0.4) is 0 Å². The van der Waals surface area contributed by atoms with E-state index in [1.807, 2.05) is 30.3 Å². The topological polar surface area (TPSA) is 144 Å². The molecule has 0 aliphatic carbocycles. The van der Waals surface area contributed by atoms with E-state index < -0.39 is 0 Å². The van der Waals surface area contributed by atoms with E-state index in [1.54, 1.807) is 6.20 Å². The quantitative estimate of drug-likeness (QED) is 0.105. The van der Waals surface area contributed by atoms with Crippen LogP contribution < -0.4 is 4.74 Å². The smallest absolute Gasteiger partial charge is 0.120 e. The summed E-state index contributed by atoms with van der Waals surface area (Å²) in [7, 11) is 0. The molecule has 0 aliphatic heterocycles. The van der Waals surface area contributed by atoms with Gasteiger partial charge in [0.25, 0.3) is 0 Å². The van der Waals surface area contributed by atoms with Crippen molar-refractivity contribution in [1.82, 2.24) is 4.98 Å². The van der Waals surface area contributed by atoms with Gasteiger partial charge in [0.05, 0.1) is 157 Å². The van der Waals surface area contributed by atoms with Gasteiger partial charge in [-0.05, 0) is 24.3 Å². The summed E-state index contributed by atoms with van der Waals surface area (Å²) in [5.41, 5.74) is 0.947. The molecule has 1 aromatic heterocycles. The minimum absolute atomic E-state index is 0.0241. The Bertz CT molecular complexity index is 942.